The summed E-state index contributed by atoms with van der Waals surface area (Å²) in [5, 5.41) is 0. The Morgan fingerprint density at radius 1 is 1.27 bits per heavy atom. The van der Waals surface area contributed by atoms with Crippen molar-refractivity contribution in [2.45, 2.75) is 20.0 Å². The maximum Gasteiger partial charge on any atom is 0.235 e. The van der Waals surface area contributed by atoms with Gasteiger partial charge in [0.15, 0.2) is 0 Å². The van der Waals surface area contributed by atoms with Crippen molar-refractivity contribution in [2.24, 2.45) is 0 Å². The summed E-state index contributed by atoms with van der Waals surface area (Å²) in [4.78, 5) is 0. The van der Waals surface area contributed by atoms with Gasteiger partial charge in [0, 0.05) is 18.1 Å². The van der Waals surface area contributed by atoms with E-state index < -0.39 is 15.8 Å². The number of halogens is 1. The number of rotatable bonds is 7. The topological polar surface area (TPSA) is 60.3 Å². The van der Waals surface area contributed by atoms with Crippen LogP contribution in [0.5, 0.6) is 0 Å². The van der Waals surface area contributed by atoms with Crippen molar-refractivity contribution in [3.8, 4) is 5.69 Å². The molecule has 0 spiro atoms. The molecule has 2 rings (SSSR count). The maximum absolute atomic E-state index is 13.8. The summed E-state index contributed by atoms with van der Waals surface area (Å²) in [5.74, 6) is -0.845. The first-order valence-corrected chi connectivity index (χ1v) is 8.57. The van der Waals surface area contributed by atoms with E-state index in [2.05, 4.69) is 4.72 Å². The van der Waals surface area contributed by atoms with Crippen LogP contribution in [0.2, 0.25) is 0 Å². The summed E-state index contributed by atoms with van der Waals surface area (Å²) in [6.45, 7) is 3.70. The fourth-order valence-corrected chi connectivity index (χ4v) is 2.78. The minimum absolute atomic E-state index is 0.0518. The molecular formula is C15H19FN2O3S. The van der Waals surface area contributed by atoms with Crippen molar-refractivity contribution < 1.29 is 17.5 Å². The Morgan fingerprint density at radius 3 is 2.59 bits per heavy atom. The highest BCUT2D eigenvalue weighted by atomic mass is 32.2. The SMILES string of the molecule is CC(C)OCCS(=O)(=O)Nc1cc(-n2cccc2)ccc1F. The number of hydrogen-bond acceptors (Lipinski definition) is 3. The largest absolute Gasteiger partial charge is 0.378 e. The van der Waals surface area contributed by atoms with Crippen LogP contribution in [0.25, 0.3) is 5.69 Å². The third-order valence-electron chi connectivity index (χ3n) is 2.92. The number of nitrogens with one attached hydrogen (secondary N) is 1. The molecule has 0 saturated carbocycles. The van der Waals surface area contributed by atoms with Crippen molar-refractivity contribution >= 4 is 15.7 Å². The Bertz CT molecular complexity index is 712. The molecule has 0 aliphatic heterocycles. The second-order valence-corrected chi connectivity index (χ2v) is 6.94. The first kappa shape index (κ1) is 16.5. The first-order valence-electron chi connectivity index (χ1n) is 6.92. The van der Waals surface area contributed by atoms with E-state index in [4.69, 9.17) is 4.74 Å². The molecule has 2 aromatic rings. The van der Waals surface area contributed by atoms with Crippen molar-refractivity contribution in [1.29, 1.82) is 0 Å². The lowest BCUT2D eigenvalue weighted by Crippen LogP contribution is -2.22. The Balaban J connectivity index is 2.13. The van der Waals surface area contributed by atoms with Gasteiger partial charge in [-0.3, -0.25) is 4.72 Å². The van der Waals surface area contributed by atoms with E-state index >= 15 is 0 Å². The Hall–Kier alpha value is -1.86. The summed E-state index contributed by atoms with van der Waals surface area (Å²) >= 11 is 0. The van der Waals surface area contributed by atoms with Gasteiger partial charge in [0.05, 0.1) is 24.2 Å². The minimum atomic E-state index is -3.66. The van der Waals surface area contributed by atoms with Crippen LogP contribution in [-0.4, -0.2) is 31.4 Å². The number of benzene rings is 1. The summed E-state index contributed by atoms with van der Waals surface area (Å²) in [7, 11) is -3.66. The van der Waals surface area contributed by atoms with Crippen LogP contribution in [0, 0.1) is 5.82 Å². The van der Waals surface area contributed by atoms with Gasteiger partial charge < -0.3 is 9.30 Å². The van der Waals surface area contributed by atoms with Crippen LogP contribution in [-0.2, 0) is 14.8 Å². The summed E-state index contributed by atoms with van der Waals surface area (Å²) in [6, 6.07) is 7.93. The van der Waals surface area contributed by atoms with E-state index in [1.807, 2.05) is 26.0 Å². The van der Waals surface area contributed by atoms with E-state index in [1.165, 1.54) is 12.1 Å². The molecule has 0 aliphatic carbocycles. The summed E-state index contributed by atoms with van der Waals surface area (Å²) in [5.41, 5.74) is 0.596. The van der Waals surface area contributed by atoms with Gasteiger partial charge in [-0.15, -0.1) is 0 Å². The first-order chi connectivity index (χ1) is 10.4. The number of anilines is 1. The van der Waals surface area contributed by atoms with Crippen molar-refractivity contribution in [1.82, 2.24) is 4.57 Å². The maximum atomic E-state index is 13.8. The van der Waals surface area contributed by atoms with Crippen LogP contribution in [0.4, 0.5) is 10.1 Å². The zero-order valence-electron chi connectivity index (χ0n) is 12.5. The zero-order chi connectivity index (χ0) is 16.2. The summed E-state index contributed by atoms with van der Waals surface area (Å²) in [6.07, 6.45) is 3.54. The monoisotopic (exact) mass is 326 g/mol. The molecule has 1 aromatic carbocycles. The average molecular weight is 326 g/mol. The van der Waals surface area contributed by atoms with Gasteiger partial charge in [-0.25, -0.2) is 12.8 Å². The minimum Gasteiger partial charge on any atom is -0.378 e. The van der Waals surface area contributed by atoms with Crippen LogP contribution in [0.15, 0.2) is 42.7 Å². The van der Waals surface area contributed by atoms with Gasteiger partial charge in [0.1, 0.15) is 5.82 Å². The highest BCUT2D eigenvalue weighted by molar-refractivity contribution is 7.92. The summed E-state index contributed by atoms with van der Waals surface area (Å²) < 4.78 is 47.0. The smallest absolute Gasteiger partial charge is 0.235 e. The number of sulfonamides is 1. The number of hydrogen-bond donors (Lipinski definition) is 1. The van der Waals surface area contributed by atoms with Crippen molar-refractivity contribution in [2.75, 3.05) is 17.1 Å². The number of aromatic nitrogens is 1. The molecule has 0 bridgehead atoms. The molecule has 0 atom stereocenters. The molecule has 0 aliphatic rings. The molecule has 0 radical (unpaired) electrons. The van der Waals surface area contributed by atoms with Gasteiger partial charge in [0.2, 0.25) is 10.0 Å². The highest BCUT2D eigenvalue weighted by Gasteiger charge is 2.14. The van der Waals surface area contributed by atoms with Gasteiger partial charge in [0.25, 0.3) is 0 Å². The van der Waals surface area contributed by atoms with Gasteiger partial charge in [-0.2, -0.15) is 0 Å². The lowest BCUT2D eigenvalue weighted by molar-refractivity contribution is 0.0913. The third-order valence-corrected chi connectivity index (χ3v) is 4.16. The lowest BCUT2D eigenvalue weighted by Gasteiger charge is -2.12. The number of ether oxygens (including phenoxy) is 1. The van der Waals surface area contributed by atoms with E-state index in [0.717, 1.165) is 0 Å². The predicted octanol–water partition coefficient (Wildman–Crippen LogP) is 2.78. The fourth-order valence-electron chi connectivity index (χ4n) is 1.87. The second-order valence-electron chi connectivity index (χ2n) is 5.09. The molecule has 120 valence electrons. The van der Waals surface area contributed by atoms with Crippen molar-refractivity contribution in [3.63, 3.8) is 0 Å². The zero-order valence-corrected chi connectivity index (χ0v) is 13.3. The molecule has 1 aromatic heterocycles. The van der Waals surface area contributed by atoms with Crippen LogP contribution < -0.4 is 4.72 Å². The van der Waals surface area contributed by atoms with Crippen LogP contribution in [0.3, 0.4) is 0 Å². The average Bonchev–Trinajstić information content (AvgIpc) is 2.94. The van der Waals surface area contributed by atoms with E-state index in [0.29, 0.717) is 5.69 Å². The van der Waals surface area contributed by atoms with Gasteiger partial charge in [-0.05, 0) is 44.2 Å². The fraction of sp³-hybridized carbons (Fsp3) is 0.333. The van der Waals surface area contributed by atoms with E-state index in [9.17, 15) is 12.8 Å². The van der Waals surface area contributed by atoms with Crippen molar-refractivity contribution in [3.05, 3.63) is 48.5 Å². The Morgan fingerprint density at radius 2 is 1.95 bits per heavy atom. The second kappa shape index (κ2) is 6.93. The molecule has 0 amide bonds. The number of nitrogens with zero attached hydrogens (tertiary/aromatic N) is 1. The molecule has 0 fully saturated rings. The van der Waals surface area contributed by atoms with Crippen LogP contribution >= 0.6 is 0 Å². The molecule has 1 N–H and O–H groups in total. The molecule has 22 heavy (non-hydrogen) atoms. The quantitative estimate of drug-likeness (QED) is 0.851. The van der Waals surface area contributed by atoms with Crippen LogP contribution in [0.1, 0.15) is 13.8 Å². The Labute approximate surface area is 129 Å². The molecule has 1 heterocycles. The normalized spacial score (nSPS) is 11.8. The molecule has 0 unspecified atom stereocenters. The van der Waals surface area contributed by atoms with Gasteiger partial charge >= 0.3 is 0 Å². The van der Waals surface area contributed by atoms with E-state index in [1.54, 1.807) is 23.0 Å². The Kier molecular flexibility index (Phi) is 5.20. The highest BCUT2D eigenvalue weighted by Crippen LogP contribution is 2.20. The predicted molar refractivity (Wildman–Crippen MR) is 84.2 cm³/mol. The lowest BCUT2D eigenvalue weighted by atomic mass is 10.2. The molecule has 0 saturated heterocycles. The van der Waals surface area contributed by atoms with Gasteiger partial charge in [-0.1, -0.05) is 0 Å². The molecule has 7 heteroatoms. The molecular weight excluding hydrogens is 307 g/mol. The third kappa shape index (κ3) is 4.57. The standard InChI is InChI=1S/C15H19FN2O3S/c1-12(2)21-9-10-22(19,20)17-15-11-13(5-6-14(15)16)18-7-3-4-8-18/h3-8,11-12,17H,9-10H2,1-2H3. The van der Waals surface area contributed by atoms with E-state index in [-0.39, 0.29) is 24.2 Å². The molecule has 5 nitrogen and oxygen atoms in total.